The van der Waals surface area contributed by atoms with Gasteiger partial charge in [0.2, 0.25) is 0 Å². The molecule has 1 heterocycles. The number of imidazole rings is 1. The quantitative estimate of drug-likeness (QED) is 0.875. The highest BCUT2D eigenvalue weighted by Crippen LogP contribution is 2.39. The Morgan fingerprint density at radius 3 is 3.06 bits per heavy atom. The summed E-state index contributed by atoms with van der Waals surface area (Å²) in [6.07, 6.45) is 2.56. The van der Waals surface area contributed by atoms with Gasteiger partial charge in [0.1, 0.15) is 5.82 Å². The lowest BCUT2D eigenvalue weighted by atomic mass is 9.96. The Labute approximate surface area is 109 Å². The van der Waals surface area contributed by atoms with E-state index < -0.39 is 5.97 Å². The highest BCUT2D eigenvalue weighted by atomic mass is 35.5. The van der Waals surface area contributed by atoms with E-state index in [1.54, 1.807) is 6.07 Å². The third kappa shape index (κ3) is 1.86. The number of carboxylic acid groups (broad SMARTS) is 1. The van der Waals surface area contributed by atoms with Gasteiger partial charge in [-0.15, -0.1) is 0 Å². The predicted octanol–water partition coefficient (Wildman–Crippen LogP) is 3.18. The van der Waals surface area contributed by atoms with Crippen molar-refractivity contribution in [3.8, 4) is 0 Å². The van der Waals surface area contributed by atoms with Crippen molar-refractivity contribution in [3.63, 3.8) is 0 Å². The normalized spacial score (nSPS) is 23.6. The Morgan fingerprint density at radius 1 is 1.44 bits per heavy atom. The molecule has 2 unspecified atom stereocenters. The van der Waals surface area contributed by atoms with E-state index in [0.717, 1.165) is 36.1 Å². The van der Waals surface area contributed by atoms with Gasteiger partial charge >= 0.3 is 5.97 Å². The predicted molar refractivity (Wildman–Crippen MR) is 68.8 cm³/mol. The van der Waals surface area contributed by atoms with Crippen molar-refractivity contribution in [2.45, 2.75) is 25.2 Å². The summed E-state index contributed by atoms with van der Waals surface area (Å²) in [5.41, 5.74) is 1.71. The summed E-state index contributed by atoms with van der Waals surface area (Å²) in [5, 5.41) is 9.85. The summed E-state index contributed by atoms with van der Waals surface area (Å²) in [6, 6.07) is 5.46. The average Bonchev–Trinajstić information content (AvgIpc) is 2.93. The van der Waals surface area contributed by atoms with Crippen LogP contribution in [0.5, 0.6) is 0 Å². The number of nitrogens with zero attached hydrogens (tertiary/aromatic N) is 1. The molecule has 0 aliphatic heterocycles. The van der Waals surface area contributed by atoms with Gasteiger partial charge in [-0.2, -0.15) is 0 Å². The summed E-state index contributed by atoms with van der Waals surface area (Å²) < 4.78 is 0. The van der Waals surface area contributed by atoms with Crippen LogP contribution in [0.4, 0.5) is 0 Å². The van der Waals surface area contributed by atoms with Gasteiger partial charge in [0, 0.05) is 10.9 Å². The molecule has 0 bridgehead atoms. The molecule has 18 heavy (non-hydrogen) atoms. The van der Waals surface area contributed by atoms with Gasteiger partial charge in [-0.1, -0.05) is 18.0 Å². The van der Waals surface area contributed by atoms with Gasteiger partial charge in [0.15, 0.2) is 0 Å². The third-order valence-corrected chi connectivity index (χ3v) is 3.88. The molecule has 0 spiro atoms. The van der Waals surface area contributed by atoms with E-state index in [4.69, 9.17) is 11.6 Å². The number of hydrogen-bond acceptors (Lipinski definition) is 2. The zero-order valence-electron chi connectivity index (χ0n) is 9.69. The minimum atomic E-state index is -0.726. The van der Waals surface area contributed by atoms with Crippen molar-refractivity contribution in [2.75, 3.05) is 0 Å². The number of halogens is 1. The number of aromatic nitrogens is 2. The summed E-state index contributed by atoms with van der Waals surface area (Å²) >= 11 is 5.92. The third-order valence-electron chi connectivity index (χ3n) is 3.65. The number of benzene rings is 1. The molecule has 1 aromatic carbocycles. The minimum Gasteiger partial charge on any atom is -0.481 e. The largest absolute Gasteiger partial charge is 0.481 e. The number of carbonyl (C=O) groups is 1. The van der Waals surface area contributed by atoms with Gasteiger partial charge < -0.3 is 10.1 Å². The van der Waals surface area contributed by atoms with E-state index in [9.17, 15) is 9.90 Å². The fraction of sp³-hybridized carbons (Fsp3) is 0.385. The second-order valence-corrected chi connectivity index (χ2v) is 5.20. The Kier molecular flexibility index (Phi) is 2.74. The molecule has 0 radical (unpaired) electrons. The van der Waals surface area contributed by atoms with Gasteiger partial charge in [0.25, 0.3) is 0 Å². The van der Waals surface area contributed by atoms with Crippen molar-refractivity contribution in [3.05, 3.63) is 29.0 Å². The molecule has 0 amide bonds. The van der Waals surface area contributed by atoms with Crippen LogP contribution in [0.25, 0.3) is 11.0 Å². The maximum Gasteiger partial charge on any atom is 0.307 e. The van der Waals surface area contributed by atoms with Crippen molar-refractivity contribution in [2.24, 2.45) is 5.92 Å². The van der Waals surface area contributed by atoms with Crippen LogP contribution in [-0.2, 0) is 4.79 Å². The summed E-state index contributed by atoms with van der Waals surface area (Å²) in [6.45, 7) is 0. The number of H-pyrrole nitrogens is 1. The average molecular weight is 265 g/mol. The molecule has 1 aliphatic carbocycles. The second-order valence-electron chi connectivity index (χ2n) is 4.77. The van der Waals surface area contributed by atoms with Gasteiger partial charge in [-0.3, -0.25) is 4.79 Å². The molecular weight excluding hydrogens is 252 g/mol. The SMILES string of the molecule is O=C(O)C1CCCC1c1nc2ccc(Cl)cc2[nH]1. The van der Waals surface area contributed by atoms with Gasteiger partial charge in [-0.25, -0.2) is 4.98 Å². The van der Waals surface area contributed by atoms with E-state index in [-0.39, 0.29) is 11.8 Å². The van der Waals surface area contributed by atoms with Gasteiger partial charge in [-0.05, 0) is 31.0 Å². The molecule has 4 nitrogen and oxygen atoms in total. The van der Waals surface area contributed by atoms with Crippen LogP contribution in [0.2, 0.25) is 5.02 Å². The van der Waals surface area contributed by atoms with Crippen molar-refractivity contribution >= 4 is 28.6 Å². The summed E-state index contributed by atoms with van der Waals surface area (Å²) in [4.78, 5) is 18.9. The first-order valence-electron chi connectivity index (χ1n) is 6.03. The van der Waals surface area contributed by atoms with Crippen molar-refractivity contribution in [1.82, 2.24) is 9.97 Å². The van der Waals surface area contributed by atoms with Crippen molar-refractivity contribution < 1.29 is 9.90 Å². The maximum absolute atomic E-state index is 11.2. The Bertz CT molecular complexity index is 608. The van der Waals surface area contributed by atoms with Crippen LogP contribution < -0.4 is 0 Å². The molecule has 2 atom stereocenters. The number of nitrogens with one attached hydrogen (secondary N) is 1. The first-order chi connectivity index (χ1) is 8.65. The highest BCUT2D eigenvalue weighted by Gasteiger charge is 2.35. The lowest BCUT2D eigenvalue weighted by Crippen LogP contribution is -2.17. The molecule has 5 heteroatoms. The highest BCUT2D eigenvalue weighted by molar-refractivity contribution is 6.31. The fourth-order valence-corrected chi connectivity index (χ4v) is 2.93. The van der Waals surface area contributed by atoms with E-state index in [1.807, 2.05) is 12.1 Å². The number of rotatable bonds is 2. The molecule has 2 N–H and O–H groups in total. The number of hydrogen-bond donors (Lipinski definition) is 2. The number of aromatic amines is 1. The summed E-state index contributed by atoms with van der Waals surface area (Å²) in [5.74, 6) is -0.275. The number of aliphatic carboxylic acids is 1. The lowest BCUT2D eigenvalue weighted by Gasteiger charge is -2.12. The van der Waals surface area contributed by atoms with Crippen LogP contribution in [0.3, 0.4) is 0 Å². The second kappa shape index (κ2) is 4.28. The van der Waals surface area contributed by atoms with Crippen LogP contribution in [0.1, 0.15) is 31.0 Å². The van der Waals surface area contributed by atoms with Crippen LogP contribution in [0, 0.1) is 5.92 Å². The fourth-order valence-electron chi connectivity index (χ4n) is 2.76. The summed E-state index contributed by atoms with van der Waals surface area (Å²) in [7, 11) is 0. The van der Waals surface area contributed by atoms with Crippen LogP contribution in [-0.4, -0.2) is 21.0 Å². The Balaban J connectivity index is 2.01. The first-order valence-corrected chi connectivity index (χ1v) is 6.41. The maximum atomic E-state index is 11.2. The van der Waals surface area contributed by atoms with Crippen LogP contribution in [0.15, 0.2) is 18.2 Å². The zero-order valence-corrected chi connectivity index (χ0v) is 10.4. The number of carboxylic acids is 1. The molecule has 1 aromatic heterocycles. The topological polar surface area (TPSA) is 66.0 Å². The van der Waals surface area contributed by atoms with Gasteiger partial charge in [0.05, 0.1) is 17.0 Å². The molecule has 2 aromatic rings. The van der Waals surface area contributed by atoms with E-state index >= 15 is 0 Å². The van der Waals surface area contributed by atoms with E-state index in [1.165, 1.54) is 0 Å². The molecule has 94 valence electrons. The van der Waals surface area contributed by atoms with E-state index in [2.05, 4.69) is 9.97 Å². The zero-order chi connectivity index (χ0) is 12.7. The lowest BCUT2D eigenvalue weighted by molar-refractivity contribution is -0.142. The van der Waals surface area contributed by atoms with Crippen LogP contribution >= 0.6 is 11.6 Å². The molecular formula is C13H13ClN2O2. The molecule has 1 fully saturated rings. The monoisotopic (exact) mass is 264 g/mol. The minimum absolute atomic E-state index is 0.00586. The molecule has 1 saturated carbocycles. The van der Waals surface area contributed by atoms with E-state index in [0.29, 0.717) is 5.02 Å². The molecule has 0 saturated heterocycles. The Hall–Kier alpha value is -1.55. The number of fused-ring (bicyclic) bond motifs is 1. The van der Waals surface area contributed by atoms with Crippen molar-refractivity contribution in [1.29, 1.82) is 0 Å². The standard InChI is InChI=1S/C13H13ClN2O2/c14-7-4-5-10-11(6-7)16-12(15-10)8-2-1-3-9(8)13(17)18/h4-6,8-9H,1-3H2,(H,15,16)(H,17,18). The Morgan fingerprint density at radius 2 is 2.28 bits per heavy atom. The molecule has 1 aliphatic rings. The smallest absolute Gasteiger partial charge is 0.307 e. The molecule has 3 rings (SSSR count). The first kappa shape index (κ1) is 11.5.